The Kier molecular flexibility index (Phi) is 3.75. The van der Waals surface area contributed by atoms with E-state index in [0.29, 0.717) is 12.0 Å². The van der Waals surface area contributed by atoms with Gasteiger partial charge in [-0.2, -0.15) is 0 Å². The lowest BCUT2D eigenvalue weighted by Gasteiger charge is -2.09. The molecule has 1 unspecified atom stereocenters. The fourth-order valence-electron chi connectivity index (χ4n) is 1.65. The van der Waals surface area contributed by atoms with Crippen LogP contribution in [0.3, 0.4) is 0 Å². The van der Waals surface area contributed by atoms with Gasteiger partial charge in [0, 0.05) is 0 Å². The van der Waals surface area contributed by atoms with Gasteiger partial charge in [-0.3, -0.25) is 0 Å². The van der Waals surface area contributed by atoms with Gasteiger partial charge in [-0.25, -0.2) is 8.78 Å². The van der Waals surface area contributed by atoms with Crippen molar-refractivity contribution in [3.8, 4) is 0 Å². The summed E-state index contributed by atoms with van der Waals surface area (Å²) < 4.78 is 25.8. The van der Waals surface area contributed by atoms with Gasteiger partial charge in [0.1, 0.15) is 0 Å². The van der Waals surface area contributed by atoms with Crippen molar-refractivity contribution in [3.63, 3.8) is 0 Å². The quantitative estimate of drug-likeness (QED) is 0.706. The van der Waals surface area contributed by atoms with Crippen LogP contribution in [0.25, 0.3) is 0 Å². The molecule has 0 aliphatic heterocycles. The number of hydrogen-bond donors (Lipinski definition) is 0. The summed E-state index contributed by atoms with van der Waals surface area (Å²) in [6.45, 7) is 0. The number of rotatable bonds is 3. The van der Waals surface area contributed by atoms with Crippen LogP contribution in [0.2, 0.25) is 0 Å². The Hall–Kier alpha value is -1.41. The summed E-state index contributed by atoms with van der Waals surface area (Å²) in [5.41, 5.74) is 1.66. The Morgan fingerprint density at radius 2 is 1.65 bits per heavy atom. The number of alkyl halides is 1. The third kappa shape index (κ3) is 3.04. The highest BCUT2D eigenvalue weighted by Crippen LogP contribution is 2.25. The van der Waals surface area contributed by atoms with E-state index in [1.807, 2.05) is 30.3 Å². The topological polar surface area (TPSA) is 0 Å². The fraction of sp³-hybridized carbons (Fsp3) is 0.143. The minimum Gasteiger partial charge on any atom is -0.204 e. The van der Waals surface area contributed by atoms with Gasteiger partial charge in [-0.1, -0.05) is 36.4 Å². The van der Waals surface area contributed by atoms with Crippen LogP contribution in [0.1, 0.15) is 16.5 Å². The summed E-state index contributed by atoms with van der Waals surface area (Å²) in [5, 5.41) is -0.235. The largest absolute Gasteiger partial charge is 0.204 e. The highest BCUT2D eigenvalue weighted by atomic mass is 35.5. The zero-order valence-electron chi connectivity index (χ0n) is 9.04. The lowest BCUT2D eigenvalue weighted by molar-refractivity contribution is 0.507. The fourth-order valence-corrected chi connectivity index (χ4v) is 1.98. The molecule has 0 spiro atoms. The second-order valence-electron chi connectivity index (χ2n) is 3.83. The van der Waals surface area contributed by atoms with E-state index in [1.165, 1.54) is 6.07 Å². The van der Waals surface area contributed by atoms with Crippen LogP contribution in [-0.4, -0.2) is 0 Å². The zero-order valence-corrected chi connectivity index (χ0v) is 9.79. The van der Waals surface area contributed by atoms with Crippen molar-refractivity contribution in [3.05, 3.63) is 71.3 Å². The Labute approximate surface area is 104 Å². The van der Waals surface area contributed by atoms with Crippen LogP contribution < -0.4 is 0 Å². The maximum absolute atomic E-state index is 13.0. The molecule has 3 heteroatoms. The molecule has 0 heterocycles. The summed E-state index contributed by atoms with van der Waals surface area (Å²) >= 11 is 6.22. The molecule has 0 bridgehead atoms. The maximum atomic E-state index is 13.0. The maximum Gasteiger partial charge on any atom is 0.159 e. The molecule has 2 rings (SSSR count). The van der Waals surface area contributed by atoms with Crippen LogP contribution in [-0.2, 0) is 6.42 Å². The van der Waals surface area contributed by atoms with Crippen molar-refractivity contribution < 1.29 is 8.78 Å². The van der Waals surface area contributed by atoms with Crippen LogP contribution in [0.5, 0.6) is 0 Å². The Bertz CT molecular complexity index is 497. The third-order valence-corrected chi connectivity index (χ3v) is 2.97. The summed E-state index contributed by atoms with van der Waals surface area (Å²) in [6, 6.07) is 13.4. The van der Waals surface area contributed by atoms with Gasteiger partial charge in [0.05, 0.1) is 5.38 Å². The van der Waals surface area contributed by atoms with Crippen molar-refractivity contribution in [2.75, 3.05) is 0 Å². The Morgan fingerprint density at radius 1 is 0.941 bits per heavy atom. The Balaban J connectivity index is 2.13. The molecule has 2 aromatic carbocycles. The van der Waals surface area contributed by atoms with E-state index in [0.717, 1.165) is 11.6 Å². The molecule has 0 fully saturated rings. The molecule has 1 atom stereocenters. The molecule has 88 valence electrons. The lowest BCUT2D eigenvalue weighted by Crippen LogP contribution is -1.97. The van der Waals surface area contributed by atoms with Crippen molar-refractivity contribution in [1.82, 2.24) is 0 Å². The molecule has 0 radical (unpaired) electrons. The molecule has 0 aliphatic carbocycles. The van der Waals surface area contributed by atoms with Crippen LogP contribution in [0.4, 0.5) is 8.78 Å². The number of benzene rings is 2. The first kappa shape index (κ1) is 12.1. The molecule has 0 aliphatic rings. The van der Waals surface area contributed by atoms with Gasteiger partial charge >= 0.3 is 0 Å². The van der Waals surface area contributed by atoms with Gasteiger partial charge < -0.3 is 0 Å². The smallest absolute Gasteiger partial charge is 0.159 e. The standard InChI is InChI=1S/C14H11ClF2/c15-12(11-4-2-1-3-5-11)8-10-6-7-13(16)14(17)9-10/h1-7,9,12H,8H2. The highest BCUT2D eigenvalue weighted by Gasteiger charge is 2.10. The van der Waals surface area contributed by atoms with E-state index in [4.69, 9.17) is 11.6 Å². The van der Waals surface area contributed by atoms with Crippen LogP contribution in [0, 0.1) is 11.6 Å². The summed E-state index contributed by atoms with van der Waals surface area (Å²) in [4.78, 5) is 0. The normalized spacial score (nSPS) is 12.4. The van der Waals surface area contributed by atoms with Crippen LogP contribution >= 0.6 is 11.6 Å². The minimum atomic E-state index is -0.834. The second kappa shape index (κ2) is 5.28. The van der Waals surface area contributed by atoms with Crippen molar-refractivity contribution in [1.29, 1.82) is 0 Å². The molecular weight excluding hydrogens is 242 g/mol. The third-order valence-electron chi connectivity index (χ3n) is 2.56. The molecule has 0 saturated carbocycles. The number of halogens is 3. The summed E-state index contributed by atoms with van der Waals surface area (Å²) in [7, 11) is 0. The molecule has 0 N–H and O–H groups in total. The molecule has 0 nitrogen and oxygen atoms in total. The average molecular weight is 253 g/mol. The first-order chi connectivity index (χ1) is 8.16. The first-order valence-electron chi connectivity index (χ1n) is 5.30. The van der Waals surface area contributed by atoms with E-state index in [-0.39, 0.29) is 5.38 Å². The van der Waals surface area contributed by atoms with Crippen LogP contribution in [0.15, 0.2) is 48.5 Å². The predicted molar refractivity (Wildman–Crippen MR) is 65.1 cm³/mol. The first-order valence-corrected chi connectivity index (χ1v) is 5.73. The molecule has 0 aromatic heterocycles. The summed E-state index contributed by atoms with van der Waals surface area (Å²) in [5.74, 6) is -1.67. The van der Waals surface area contributed by atoms with E-state index < -0.39 is 11.6 Å². The average Bonchev–Trinajstić information content (AvgIpc) is 2.35. The molecule has 0 amide bonds. The van der Waals surface area contributed by atoms with Crippen molar-refractivity contribution >= 4 is 11.6 Å². The van der Waals surface area contributed by atoms with E-state index >= 15 is 0 Å². The van der Waals surface area contributed by atoms with Gasteiger partial charge in [-0.15, -0.1) is 11.6 Å². The lowest BCUT2D eigenvalue weighted by atomic mass is 10.0. The SMILES string of the molecule is Fc1ccc(CC(Cl)c2ccccc2)cc1F. The van der Waals surface area contributed by atoms with E-state index in [2.05, 4.69) is 0 Å². The van der Waals surface area contributed by atoms with E-state index in [1.54, 1.807) is 6.07 Å². The van der Waals surface area contributed by atoms with Gasteiger partial charge in [0.25, 0.3) is 0 Å². The molecule has 2 aromatic rings. The highest BCUT2D eigenvalue weighted by molar-refractivity contribution is 6.20. The number of hydrogen-bond acceptors (Lipinski definition) is 0. The molecule has 17 heavy (non-hydrogen) atoms. The van der Waals surface area contributed by atoms with Crippen molar-refractivity contribution in [2.45, 2.75) is 11.8 Å². The van der Waals surface area contributed by atoms with E-state index in [9.17, 15) is 8.78 Å². The monoisotopic (exact) mass is 252 g/mol. The van der Waals surface area contributed by atoms with Crippen molar-refractivity contribution in [2.24, 2.45) is 0 Å². The van der Waals surface area contributed by atoms with Gasteiger partial charge in [0.2, 0.25) is 0 Å². The van der Waals surface area contributed by atoms with Gasteiger partial charge in [0.15, 0.2) is 11.6 Å². The van der Waals surface area contributed by atoms with Gasteiger partial charge in [-0.05, 0) is 29.7 Å². The molecule has 0 saturated heterocycles. The second-order valence-corrected chi connectivity index (χ2v) is 4.36. The molecular formula is C14H11ClF2. The predicted octanol–water partition coefficient (Wildman–Crippen LogP) is 4.49. The minimum absolute atomic E-state index is 0.235. The summed E-state index contributed by atoms with van der Waals surface area (Å²) in [6.07, 6.45) is 0.475. The zero-order chi connectivity index (χ0) is 12.3. The Morgan fingerprint density at radius 3 is 2.29 bits per heavy atom.